The number of benzene rings is 2. The SMILES string of the molecule is CCN(Cc1ccccc1)C(C#N)c1cccc(O)c1. The molecule has 3 heteroatoms. The number of phenolic OH excluding ortho intramolecular Hbond substituents is 1. The molecule has 0 saturated heterocycles. The Morgan fingerprint density at radius 2 is 1.90 bits per heavy atom. The minimum atomic E-state index is -0.354. The van der Waals surface area contributed by atoms with E-state index in [1.807, 2.05) is 31.2 Å². The average molecular weight is 266 g/mol. The van der Waals surface area contributed by atoms with E-state index in [1.54, 1.807) is 18.2 Å². The molecule has 0 aliphatic rings. The summed E-state index contributed by atoms with van der Waals surface area (Å²) in [6.45, 7) is 3.52. The fraction of sp³-hybridized carbons (Fsp3) is 0.235. The molecular weight excluding hydrogens is 248 g/mol. The van der Waals surface area contributed by atoms with E-state index in [-0.39, 0.29) is 11.8 Å². The van der Waals surface area contributed by atoms with E-state index in [9.17, 15) is 10.4 Å². The lowest BCUT2D eigenvalue weighted by Crippen LogP contribution is -2.27. The summed E-state index contributed by atoms with van der Waals surface area (Å²) in [6.07, 6.45) is 0. The van der Waals surface area contributed by atoms with Crippen molar-refractivity contribution in [3.63, 3.8) is 0 Å². The van der Waals surface area contributed by atoms with E-state index >= 15 is 0 Å². The molecule has 1 N–H and O–H groups in total. The smallest absolute Gasteiger partial charge is 0.124 e. The van der Waals surface area contributed by atoms with Crippen LogP contribution in [0.1, 0.15) is 24.1 Å². The molecule has 0 radical (unpaired) electrons. The van der Waals surface area contributed by atoms with Gasteiger partial charge in [0.05, 0.1) is 6.07 Å². The summed E-state index contributed by atoms with van der Waals surface area (Å²) in [5, 5.41) is 19.1. The zero-order valence-electron chi connectivity index (χ0n) is 11.5. The van der Waals surface area contributed by atoms with Crippen molar-refractivity contribution in [2.24, 2.45) is 0 Å². The lowest BCUT2D eigenvalue weighted by molar-refractivity contribution is 0.239. The minimum Gasteiger partial charge on any atom is -0.508 e. The van der Waals surface area contributed by atoms with Gasteiger partial charge in [0, 0.05) is 6.54 Å². The van der Waals surface area contributed by atoms with Crippen molar-refractivity contribution < 1.29 is 5.11 Å². The Kier molecular flexibility index (Phi) is 4.75. The molecule has 0 bridgehead atoms. The Hall–Kier alpha value is -2.31. The van der Waals surface area contributed by atoms with Crippen molar-refractivity contribution in [2.75, 3.05) is 6.54 Å². The number of nitrogens with zero attached hydrogens (tertiary/aromatic N) is 2. The van der Waals surface area contributed by atoms with Gasteiger partial charge in [0.15, 0.2) is 0 Å². The van der Waals surface area contributed by atoms with Gasteiger partial charge in [-0.2, -0.15) is 5.26 Å². The van der Waals surface area contributed by atoms with Crippen LogP contribution in [0.2, 0.25) is 0 Å². The van der Waals surface area contributed by atoms with Crippen LogP contribution in [-0.4, -0.2) is 16.6 Å². The first-order chi connectivity index (χ1) is 9.74. The van der Waals surface area contributed by atoms with E-state index in [0.717, 1.165) is 12.1 Å². The molecule has 0 aliphatic carbocycles. The molecule has 0 amide bonds. The van der Waals surface area contributed by atoms with E-state index in [2.05, 4.69) is 23.1 Å². The summed E-state index contributed by atoms with van der Waals surface area (Å²) in [5.41, 5.74) is 2.00. The van der Waals surface area contributed by atoms with Gasteiger partial charge < -0.3 is 5.11 Å². The summed E-state index contributed by atoms with van der Waals surface area (Å²) < 4.78 is 0. The average Bonchev–Trinajstić information content (AvgIpc) is 2.48. The summed E-state index contributed by atoms with van der Waals surface area (Å²) in [5.74, 6) is 0.193. The van der Waals surface area contributed by atoms with E-state index < -0.39 is 0 Å². The molecule has 1 atom stereocenters. The van der Waals surface area contributed by atoms with Crippen LogP contribution in [0.15, 0.2) is 54.6 Å². The lowest BCUT2D eigenvalue weighted by Gasteiger charge is -2.26. The van der Waals surface area contributed by atoms with Gasteiger partial charge in [-0.15, -0.1) is 0 Å². The summed E-state index contributed by atoms with van der Waals surface area (Å²) in [4.78, 5) is 2.09. The van der Waals surface area contributed by atoms with Crippen molar-refractivity contribution >= 4 is 0 Å². The maximum atomic E-state index is 9.57. The number of aromatic hydroxyl groups is 1. The summed E-state index contributed by atoms with van der Waals surface area (Å²) in [7, 11) is 0. The highest BCUT2D eigenvalue weighted by Crippen LogP contribution is 2.24. The molecule has 20 heavy (non-hydrogen) atoms. The highest BCUT2D eigenvalue weighted by Gasteiger charge is 2.19. The van der Waals surface area contributed by atoms with E-state index in [4.69, 9.17) is 0 Å². The molecule has 0 aromatic heterocycles. The second kappa shape index (κ2) is 6.74. The Morgan fingerprint density at radius 1 is 1.15 bits per heavy atom. The predicted octanol–water partition coefficient (Wildman–Crippen LogP) is 3.48. The highest BCUT2D eigenvalue weighted by molar-refractivity contribution is 5.32. The van der Waals surface area contributed by atoms with Crippen LogP contribution < -0.4 is 0 Å². The van der Waals surface area contributed by atoms with Crippen LogP contribution in [0.3, 0.4) is 0 Å². The van der Waals surface area contributed by atoms with Gasteiger partial charge in [-0.1, -0.05) is 49.4 Å². The standard InChI is InChI=1S/C17H18N2O/c1-2-19(13-14-7-4-3-5-8-14)17(12-18)15-9-6-10-16(20)11-15/h3-11,17,20H,2,13H2,1H3. The second-order valence-corrected chi connectivity index (χ2v) is 4.68. The Bertz CT molecular complexity index is 589. The normalized spacial score (nSPS) is 12.1. The number of hydrogen-bond donors (Lipinski definition) is 1. The first kappa shape index (κ1) is 14.1. The molecule has 0 saturated carbocycles. The first-order valence-electron chi connectivity index (χ1n) is 6.71. The minimum absolute atomic E-state index is 0.193. The molecule has 2 aromatic rings. The van der Waals surface area contributed by atoms with Gasteiger partial charge in [-0.3, -0.25) is 4.90 Å². The van der Waals surface area contributed by atoms with Crippen molar-refractivity contribution in [2.45, 2.75) is 19.5 Å². The molecule has 3 nitrogen and oxygen atoms in total. The van der Waals surface area contributed by atoms with Crippen LogP contribution in [-0.2, 0) is 6.54 Å². The van der Waals surface area contributed by atoms with E-state index in [1.165, 1.54) is 5.56 Å². The fourth-order valence-corrected chi connectivity index (χ4v) is 2.27. The van der Waals surface area contributed by atoms with Crippen molar-refractivity contribution in [1.29, 1.82) is 5.26 Å². The largest absolute Gasteiger partial charge is 0.508 e. The number of nitriles is 1. The molecule has 2 aromatic carbocycles. The molecule has 0 heterocycles. The summed E-state index contributed by atoms with van der Waals surface area (Å²) in [6, 6.07) is 19.0. The van der Waals surface area contributed by atoms with Crippen LogP contribution >= 0.6 is 0 Å². The number of hydrogen-bond acceptors (Lipinski definition) is 3. The van der Waals surface area contributed by atoms with Crippen molar-refractivity contribution in [3.8, 4) is 11.8 Å². The summed E-state index contributed by atoms with van der Waals surface area (Å²) >= 11 is 0. The van der Waals surface area contributed by atoms with Crippen LogP contribution in [0.5, 0.6) is 5.75 Å². The van der Waals surface area contributed by atoms with Crippen LogP contribution in [0, 0.1) is 11.3 Å². The van der Waals surface area contributed by atoms with Gasteiger partial charge in [0.25, 0.3) is 0 Å². The van der Waals surface area contributed by atoms with Crippen LogP contribution in [0.4, 0.5) is 0 Å². The second-order valence-electron chi connectivity index (χ2n) is 4.68. The Labute approximate surface area is 119 Å². The van der Waals surface area contributed by atoms with Gasteiger partial charge in [-0.05, 0) is 29.8 Å². The third-order valence-corrected chi connectivity index (χ3v) is 3.31. The predicted molar refractivity (Wildman–Crippen MR) is 79.0 cm³/mol. The van der Waals surface area contributed by atoms with E-state index in [0.29, 0.717) is 6.54 Å². The first-order valence-corrected chi connectivity index (χ1v) is 6.71. The molecule has 0 spiro atoms. The highest BCUT2D eigenvalue weighted by atomic mass is 16.3. The Balaban J connectivity index is 2.22. The van der Waals surface area contributed by atoms with Gasteiger partial charge in [-0.25, -0.2) is 0 Å². The van der Waals surface area contributed by atoms with Crippen molar-refractivity contribution in [3.05, 3.63) is 65.7 Å². The quantitative estimate of drug-likeness (QED) is 0.901. The number of rotatable bonds is 5. The van der Waals surface area contributed by atoms with Gasteiger partial charge in [0.1, 0.15) is 11.8 Å². The zero-order chi connectivity index (χ0) is 14.4. The molecule has 0 aliphatic heterocycles. The van der Waals surface area contributed by atoms with Crippen LogP contribution in [0.25, 0.3) is 0 Å². The third kappa shape index (κ3) is 3.37. The molecule has 0 fully saturated rings. The van der Waals surface area contributed by atoms with Gasteiger partial charge in [0.2, 0.25) is 0 Å². The zero-order valence-corrected chi connectivity index (χ0v) is 11.5. The monoisotopic (exact) mass is 266 g/mol. The lowest BCUT2D eigenvalue weighted by atomic mass is 10.1. The maximum absolute atomic E-state index is 9.57. The maximum Gasteiger partial charge on any atom is 0.124 e. The molecular formula is C17H18N2O. The van der Waals surface area contributed by atoms with Crippen molar-refractivity contribution in [1.82, 2.24) is 4.90 Å². The Morgan fingerprint density at radius 3 is 2.50 bits per heavy atom. The fourth-order valence-electron chi connectivity index (χ4n) is 2.27. The number of phenols is 1. The molecule has 2 rings (SSSR count). The molecule has 1 unspecified atom stereocenters. The van der Waals surface area contributed by atoms with Gasteiger partial charge >= 0.3 is 0 Å². The molecule has 102 valence electrons. The topological polar surface area (TPSA) is 47.3 Å². The third-order valence-electron chi connectivity index (χ3n) is 3.31.